The number of aryl methyl sites for hydroxylation is 2. The Morgan fingerprint density at radius 3 is 2.61 bits per heavy atom. The normalized spacial score (nSPS) is 15.5. The first kappa shape index (κ1) is 15.7. The predicted octanol–water partition coefficient (Wildman–Crippen LogP) is 2.33. The van der Waals surface area contributed by atoms with Crippen molar-refractivity contribution in [3.8, 4) is 5.69 Å². The van der Waals surface area contributed by atoms with Gasteiger partial charge in [0.05, 0.1) is 11.8 Å². The van der Waals surface area contributed by atoms with E-state index in [0.29, 0.717) is 18.2 Å². The smallest absolute Gasteiger partial charge is 0.274 e. The van der Waals surface area contributed by atoms with Crippen LogP contribution >= 0.6 is 0 Å². The van der Waals surface area contributed by atoms with E-state index in [9.17, 15) is 9.90 Å². The molecule has 1 atom stereocenters. The summed E-state index contributed by atoms with van der Waals surface area (Å²) in [6.07, 6.45) is 1.69. The van der Waals surface area contributed by atoms with E-state index >= 15 is 0 Å². The fourth-order valence-electron chi connectivity index (χ4n) is 2.72. The van der Waals surface area contributed by atoms with Crippen molar-refractivity contribution in [3.63, 3.8) is 0 Å². The maximum Gasteiger partial charge on any atom is 0.274 e. The lowest BCUT2D eigenvalue weighted by Gasteiger charge is -2.19. The number of carbonyl (C=O) groups excluding carboxylic acids is 1. The predicted molar refractivity (Wildman–Crippen MR) is 88.7 cm³/mol. The topological polar surface area (TPSA) is 58.4 Å². The highest BCUT2D eigenvalue weighted by Gasteiger charge is 2.31. The largest absolute Gasteiger partial charge is 0.391 e. The van der Waals surface area contributed by atoms with Crippen LogP contribution < -0.4 is 0 Å². The lowest BCUT2D eigenvalue weighted by molar-refractivity contribution is 0.0640. The van der Waals surface area contributed by atoms with Gasteiger partial charge in [0.15, 0.2) is 5.69 Å². The van der Waals surface area contributed by atoms with Crippen molar-refractivity contribution in [2.24, 2.45) is 5.92 Å². The maximum atomic E-state index is 12.5. The zero-order valence-corrected chi connectivity index (χ0v) is 13.9. The fourth-order valence-corrected chi connectivity index (χ4v) is 2.72. The number of amides is 1. The van der Waals surface area contributed by atoms with E-state index in [0.717, 1.165) is 24.2 Å². The molecule has 0 saturated heterocycles. The summed E-state index contributed by atoms with van der Waals surface area (Å²) < 4.78 is 1.78. The summed E-state index contributed by atoms with van der Waals surface area (Å²) in [5.74, 6) is 0.204. The molecule has 5 nitrogen and oxygen atoms in total. The van der Waals surface area contributed by atoms with Crippen molar-refractivity contribution in [1.29, 1.82) is 0 Å². The van der Waals surface area contributed by atoms with Crippen molar-refractivity contribution < 1.29 is 9.90 Å². The lowest BCUT2D eigenvalue weighted by Crippen LogP contribution is -2.35. The Morgan fingerprint density at radius 2 is 2.00 bits per heavy atom. The molecule has 1 aliphatic carbocycles. The minimum absolute atomic E-state index is 0.154. The van der Waals surface area contributed by atoms with Gasteiger partial charge < -0.3 is 10.0 Å². The number of aliphatic hydroxyl groups is 1. The number of nitrogens with zero attached hydrogens (tertiary/aromatic N) is 3. The Balaban J connectivity index is 1.76. The third kappa shape index (κ3) is 3.45. The second-order valence-electron chi connectivity index (χ2n) is 6.51. The van der Waals surface area contributed by atoms with Crippen LogP contribution in [-0.4, -0.2) is 45.4 Å². The second-order valence-corrected chi connectivity index (χ2v) is 6.51. The molecule has 2 aromatic rings. The summed E-state index contributed by atoms with van der Waals surface area (Å²) in [4.78, 5) is 14.1. The van der Waals surface area contributed by atoms with Crippen LogP contribution in [-0.2, 0) is 0 Å². The molecule has 1 aromatic heterocycles. The molecule has 1 fully saturated rings. The van der Waals surface area contributed by atoms with Gasteiger partial charge in [0.2, 0.25) is 0 Å². The first-order valence-corrected chi connectivity index (χ1v) is 8.03. The summed E-state index contributed by atoms with van der Waals surface area (Å²) in [6.45, 7) is 4.33. The van der Waals surface area contributed by atoms with Crippen LogP contribution in [0.1, 0.15) is 34.6 Å². The Labute approximate surface area is 136 Å². The van der Waals surface area contributed by atoms with Crippen molar-refractivity contribution in [2.75, 3.05) is 13.6 Å². The van der Waals surface area contributed by atoms with E-state index in [4.69, 9.17) is 0 Å². The number of benzene rings is 1. The summed E-state index contributed by atoms with van der Waals surface area (Å²) in [5, 5.41) is 14.4. The van der Waals surface area contributed by atoms with Crippen molar-refractivity contribution >= 4 is 5.91 Å². The summed E-state index contributed by atoms with van der Waals surface area (Å²) in [6, 6.07) is 9.82. The van der Waals surface area contributed by atoms with Crippen LogP contribution in [0.25, 0.3) is 5.69 Å². The Bertz CT molecular complexity index is 702. The quantitative estimate of drug-likeness (QED) is 0.921. The second kappa shape index (κ2) is 6.16. The van der Waals surface area contributed by atoms with Gasteiger partial charge in [-0.15, -0.1) is 0 Å². The third-order valence-corrected chi connectivity index (χ3v) is 4.36. The Hall–Kier alpha value is -2.14. The summed E-state index contributed by atoms with van der Waals surface area (Å²) in [5.41, 5.74) is 3.44. The monoisotopic (exact) mass is 313 g/mol. The highest BCUT2D eigenvalue weighted by atomic mass is 16.3. The maximum absolute atomic E-state index is 12.5. The fraction of sp³-hybridized carbons (Fsp3) is 0.444. The first-order chi connectivity index (χ1) is 11.0. The SMILES string of the molecule is Cc1ccc(-n2nc(C(=O)N(C)CC(O)C3CC3)cc2C)cc1. The van der Waals surface area contributed by atoms with Crippen LogP contribution in [0.2, 0.25) is 0 Å². The Kier molecular flexibility index (Phi) is 4.22. The number of aliphatic hydroxyl groups excluding tert-OH is 1. The molecule has 0 aliphatic heterocycles. The van der Waals surface area contributed by atoms with Crippen LogP contribution in [0.4, 0.5) is 0 Å². The van der Waals surface area contributed by atoms with Gasteiger partial charge in [-0.2, -0.15) is 5.10 Å². The molecule has 5 heteroatoms. The van der Waals surface area contributed by atoms with Crippen LogP contribution in [0.15, 0.2) is 30.3 Å². The third-order valence-electron chi connectivity index (χ3n) is 4.36. The van der Waals surface area contributed by atoms with Crippen molar-refractivity contribution in [1.82, 2.24) is 14.7 Å². The molecule has 3 rings (SSSR count). The minimum atomic E-state index is -0.427. The van der Waals surface area contributed by atoms with Crippen LogP contribution in [0.3, 0.4) is 0 Å². The minimum Gasteiger partial charge on any atom is -0.391 e. The van der Waals surface area contributed by atoms with E-state index in [1.165, 1.54) is 5.56 Å². The zero-order chi connectivity index (χ0) is 16.6. The highest BCUT2D eigenvalue weighted by Crippen LogP contribution is 2.32. The number of rotatable bonds is 5. The Morgan fingerprint density at radius 1 is 1.35 bits per heavy atom. The molecule has 23 heavy (non-hydrogen) atoms. The zero-order valence-electron chi connectivity index (χ0n) is 13.9. The van der Waals surface area contributed by atoms with E-state index in [2.05, 4.69) is 5.10 Å². The highest BCUT2D eigenvalue weighted by molar-refractivity contribution is 5.92. The number of likely N-dealkylation sites (N-methyl/N-ethyl adjacent to an activating group) is 1. The average molecular weight is 313 g/mol. The number of hydrogen-bond acceptors (Lipinski definition) is 3. The summed E-state index contributed by atoms with van der Waals surface area (Å²) in [7, 11) is 1.72. The summed E-state index contributed by atoms with van der Waals surface area (Å²) >= 11 is 0. The molecule has 1 N–H and O–H groups in total. The van der Waals surface area contributed by atoms with E-state index < -0.39 is 6.10 Å². The molecule has 0 radical (unpaired) electrons. The molecule has 1 heterocycles. The van der Waals surface area contributed by atoms with Gasteiger partial charge in [0.25, 0.3) is 5.91 Å². The lowest BCUT2D eigenvalue weighted by atomic mass is 10.2. The number of hydrogen-bond donors (Lipinski definition) is 1. The van der Waals surface area contributed by atoms with E-state index in [-0.39, 0.29) is 5.91 Å². The molecule has 1 amide bonds. The van der Waals surface area contributed by atoms with Crippen molar-refractivity contribution in [2.45, 2.75) is 32.8 Å². The van der Waals surface area contributed by atoms with Crippen LogP contribution in [0, 0.1) is 19.8 Å². The van der Waals surface area contributed by atoms with Crippen molar-refractivity contribution in [3.05, 3.63) is 47.3 Å². The average Bonchev–Trinajstić information content (AvgIpc) is 3.30. The molecule has 1 aromatic carbocycles. The van der Waals surface area contributed by atoms with Gasteiger partial charge in [-0.25, -0.2) is 4.68 Å². The number of carbonyl (C=O) groups is 1. The van der Waals surface area contributed by atoms with Crippen LogP contribution in [0.5, 0.6) is 0 Å². The molecule has 1 aliphatic rings. The van der Waals surface area contributed by atoms with Gasteiger partial charge in [0.1, 0.15) is 0 Å². The molecule has 1 unspecified atom stereocenters. The van der Waals surface area contributed by atoms with Gasteiger partial charge in [-0.3, -0.25) is 4.79 Å². The molecule has 122 valence electrons. The standard InChI is InChI=1S/C18H23N3O2/c1-12-4-8-15(9-5-12)21-13(2)10-16(19-21)18(23)20(3)11-17(22)14-6-7-14/h4-5,8-10,14,17,22H,6-7,11H2,1-3H3. The van der Waals surface area contributed by atoms with Gasteiger partial charge in [-0.1, -0.05) is 17.7 Å². The van der Waals surface area contributed by atoms with E-state index in [1.807, 2.05) is 38.1 Å². The van der Waals surface area contributed by atoms with E-state index in [1.54, 1.807) is 22.7 Å². The molecular formula is C18H23N3O2. The molecular weight excluding hydrogens is 290 g/mol. The molecule has 1 saturated carbocycles. The number of aromatic nitrogens is 2. The molecule has 0 spiro atoms. The van der Waals surface area contributed by atoms with Gasteiger partial charge >= 0.3 is 0 Å². The molecule has 0 bridgehead atoms. The van der Waals surface area contributed by atoms with Gasteiger partial charge in [0, 0.05) is 19.3 Å². The first-order valence-electron chi connectivity index (χ1n) is 8.03. The van der Waals surface area contributed by atoms with Gasteiger partial charge in [-0.05, 0) is 50.8 Å².